The number of nitrogens with one attached hydrogen (secondary N) is 2. The van der Waals surface area contributed by atoms with Gasteiger partial charge in [-0.05, 0) is 303 Å². The van der Waals surface area contributed by atoms with E-state index in [0.29, 0.717) is 50.6 Å². The van der Waals surface area contributed by atoms with Gasteiger partial charge in [-0.15, -0.1) is 11.3 Å². The maximum Gasteiger partial charge on any atom is 0.338 e. The van der Waals surface area contributed by atoms with Crippen molar-refractivity contribution in [2.75, 3.05) is 52.4 Å². The molecule has 4 unspecified atom stereocenters. The van der Waals surface area contributed by atoms with Gasteiger partial charge in [0.1, 0.15) is 0 Å². The van der Waals surface area contributed by atoms with E-state index in [9.17, 15) is 28.8 Å². The van der Waals surface area contributed by atoms with Crippen molar-refractivity contribution in [2.45, 2.75) is 259 Å². The van der Waals surface area contributed by atoms with E-state index in [-0.39, 0.29) is 59.3 Å². The fourth-order valence-corrected chi connectivity index (χ4v) is 23.8. The molecular formula is C134H152ClN7O7S. The van der Waals surface area contributed by atoms with E-state index >= 15 is 0 Å². The smallest absolute Gasteiger partial charge is 0.338 e. The average molecular weight is 2040 g/mol. The van der Waals surface area contributed by atoms with Gasteiger partial charge in [0.05, 0.1) is 43.3 Å². The molecule has 5 aliphatic carbocycles. The molecule has 4 atom stereocenters. The molecule has 0 bridgehead atoms. The highest BCUT2D eigenvalue weighted by Crippen LogP contribution is 2.50. The molecule has 0 spiro atoms. The van der Waals surface area contributed by atoms with E-state index in [2.05, 4.69) is 323 Å². The summed E-state index contributed by atoms with van der Waals surface area (Å²) in [5.41, 5.74) is 36.0. The Labute approximate surface area is 901 Å². The van der Waals surface area contributed by atoms with Crippen LogP contribution in [0.3, 0.4) is 0 Å². The Morgan fingerprint density at radius 1 is 0.460 bits per heavy atom. The fraction of sp³-hybridized carbons (Fsp3) is 0.358. The Hall–Kier alpha value is -13.5. The molecule has 8 aliphatic rings. The topological polar surface area (TPSA) is 152 Å². The highest BCUT2D eigenvalue weighted by molar-refractivity contribution is 7.10. The molecule has 0 fully saturated rings. The summed E-state index contributed by atoms with van der Waals surface area (Å²) in [6.07, 6.45) is 27.3. The Morgan fingerprint density at radius 2 is 0.940 bits per heavy atom. The monoisotopic (exact) mass is 2040 g/mol. The number of halogens is 1. The van der Waals surface area contributed by atoms with Crippen molar-refractivity contribution in [3.05, 3.63) is 441 Å². The zero-order chi connectivity index (χ0) is 105. The summed E-state index contributed by atoms with van der Waals surface area (Å²) in [7, 11) is 0. The first-order valence-corrected chi connectivity index (χ1v) is 56.5. The van der Waals surface area contributed by atoms with Crippen LogP contribution in [-0.4, -0.2) is 125 Å². The van der Waals surface area contributed by atoms with Crippen LogP contribution in [0.2, 0.25) is 5.02 Å². The molecule has 0 saturated carbocycles. The Kier molecular flexibility index (Phi) is 38.8. The second-order valence-electron chi connectivity index (χ2n) is 42.4. The van der Waals surface area contributed by atoms with Crippen LogP contribution in [0, 0.1) is 13.8 Å². The minimum absolute atomic E-state index is 0.0333. The number of esters is 1. The number of nitrogens with zero attached hydrogens (tertiary/aromatic N) is 5. The second kappa shape index (κ2) is 53.3. The van der Waals surface area contributed by atoms with E-state index < -0.39 is 0 Å². The molecular weight excluding hydrogens is 1890 g/mol. The lowest BCUT2D eigenvalue weighted by molar-refractivity contribution is -0.133. The van der Waals surface area contributed by atoms with Crippen LogP contribution in [0.25, 0.3) is 27.9 Å². The molecule has 11 aromatic carbocycles. The number of aryl methyl sites for hydroxylation is 2. The van der Waals surface area contributed by atoms with Crippen molar-refractivity contribution < 1.29 is 33.5 Å². The van der Waals surface area contributed by atoms with Crippen LogP contribution in [0.4, 0.5) is 9.59 Å². The van der Waals surface area contributed by atoms with Crippen LogP contribution in [-0.2, 0) is 77.8 Å². The molecule has 778 valence electrons. The number of thiophene rings is 1. The van der Waals surface area contributed by atoms with Gasteiger partial charge in [-0.25, -0.2) is 14.4 Å². The number of allylic oxidation sites excluding steroid dienone is 2. The summed E-state index contributed by atoms with van der Waals surface area (Å²) < 4.78 is 5.07. The standard InChI is InChI=1S/C33H37NO3.C27H32ClNO.C25H30N2O.C25H25NOS.C24H28N2O/c1-5-37-32(36)28-14-10-24(11-15-28)22-31(35)34(23-25-12-18-29(19-13-25)33(2,3)4)21-20-27-17-16-26-8-6-7-9-30(26)27;1-2-3-4-5-6-7-12-26(30)29-18-17-24-23-11-9-8-10-21(23)19-25(24)27(29)20-13-15-22(28)16-14-20;1-3-4-15-26-25(28)27-16-14-22-21-13-9-8-12-20(21)17-23(22)24(27)18(2)19-10-6-5-7-11-19;1-18-7-9-22(10-8-18)25(27)26(17-24-19(2)14-16-28-24)15-13-21-12-11-20-5-3-4-6-23(20)21;1-2-3-14-25-24(27)26-15-13-21-20-12-8-7-11-19(20)17-22(21)23(26)16-18-9-5-4-6-10-18/h6-15,17-19H,5,16,20-23H2,1-4H3;8-11,13-16,27H,2-7,12,17-19H2,1H3;5-13,18,24H,3-4,14-17H2,1-2H3,(H,26,28);3-10,12,14,16H,11,13,15,17H2,1-2H3;4-12,23H,2-3,13-17H2,1H3,(H,25,27). The van der Waals surface area contributed by atoms with Gasteiger partial charge in [-0.1, -0.05) is 365 Å². The summed E-state index contributed by atoms with van der Waals surface area (Å²) >= 11 is 7.89. The first kappa shape index (κ1) is 109. The number of benzene rings is 11. The molecule has 12 aromatic rings. The van der Waals surface area contributed by atoms with Crippen LogP contribution in [0.15, 0.2) is 319 Å². The number of hydrogen-bond donors (Lipinski definition) is 2. The van der Waals surface area contributed by atoms with Crippen LogP contribution >= 0.6 is 22.9 Å². The molecule has 150 heavy (non-hydrogen) atoms. The molecule has 16 heteroatoms. The van der Waals surface area contributed by atoms with Gasteiger partial charge in [0, 0.05) is 80.2 Å². The molecule has 0 saturated heterocycles. The third kappa shape index (κ3) is 27.8. The predicted octanol–water partition coefficient (Wildman–Crippen LogP) is 30.4. The quantitative estimate of drug-likeness (QED) is 0.0307. The first-order valence-electron chi connectivity index (χ1n) is 55.2. The van der Waals surface area contributed by atoms with E-state index in [0.717, 1.165) is 170 Å². The lowest BCUT2D eigenvalue weighted by atomic mass is 9.82. The lowest BCUT2D eigenvalue weighted by Gasteiger charge is -2.41. The third-order valence-electron chi connectivity index (χ3n) is 31.1. The summed E-state index contributed by atoms with van der Waals surface area (Å²) in [6, 6.07) is 98.9. The zero-order valence-electron chi connectivity index (χ0n) is 89.9. The van der Waals surface area contributed by atoms with Gasteiger partial charge >= 0.3 is 18.0 Å². The molecule has 3 aliphatic heterocycles. The number of fused-ring (bicyclic) bond motifs is 8. The Bertz CT molecular complexity index is 6790. The summed E-state index contributed by atoms with van der Waals surface area (Å²) in [4.78, 5) is 89.6. The number of carbonyl (C=O) groups is 6. The van der Waals surface area contributed by atoms with Crippen molar-refractivity contribution in [2.24, 2.45) is 0 Å². The second-order valence-corrected chi connectivity index (χ2v) is 43.8. The van der Waals surface area contributed by atoms with Crippen LogP contribution in [0.5, 0.6) is 0 Å². The van der Waals surface area contributed by atoms with Crippen molar-refractivity contribution >= 4 is 86.6 Å². The van der Waals surface area contributed by atoms with E-state index in [1.165, 1.54) is 164 Å². The molecule has 7 amide bonds. The highest BCUT2D eigenvalue weighted by Gasteiger charge is 2.43. The van der Waals surface area contributed by atoms with Crippen molar-refractivity contribution in [1.29, 1.82) is 0 Å². The Morgan fingerprint density at radius 3 is 1.50 bits per heavy atom. The number of carbonyl (C=O) groups excluding carboxylic acids is 6. The molecule has 20 rings (SSSR count). The first-order chi connectivity index (χ1) is 73.0. The van der Waals surface area contributed by atoms with Gasteiger partial charge in [-0.2, -0.15) is 0 Å². The maximum absolute atomic E-state index is 13.5. The highest BCUT2D eigenvalue weighted by atomic mass is 35.5. The number of ether oxygens (including phenoxy) is 1. The number of hydrogen-bond acceptors (Lipinski definition) is 8. The zero-order valence-corrected chi connectivity index (χ0v) is 91.5. The van der Waals surface area contributed by atoms with Gasteiger partial charge in [0.2, 0.25) is 11.8 Å². The molecule has 1 aromatic heterocycles. The number of amides is 7. The summed E-state index contributed by atoms with van der Waals surface area (Å²) in [6.45, 7) is 28.2. The SMILES string of the molecule is CCCCCCCCC(=O)N1CCC2=C(Cc3ccccc32)C1c1ccc(Cl)cc1.CCCCNC(=O)N1CCC2=C(Cc3ccccc32)C1C(C)c1ccccc1.CCCCNC(=O)N1CCC2=C(Cc3ccccc32)C1Cc1ccccc1.CCOC(=O)c1ccc(CC(=O)N(CCC2=CCc3ccccc32)Cc2ccc(C(C)(C)C)cc2)cc1.Cc1ccc(C(=O)N(CCC2=CCc3ccccc32)Cc2sccc2C)cc1. The van der Waals surface area contributed by atoms with E-state index in [4.69, 9.17) is 16.3 Å². The minimum atomic E-state index is -0.342. The van der Waals surface area contributed by atoms with Crippen LogP contribution < -0.4 is 10.6 Å². The van der Waals surface area contributed by atoms with Crippen molar-refractivity contribution in [1.82, 2.24) is 35.1 Å². The third-order valence-corrected chi connectivity index (χ3v) is 32.4. The lowest BCUT2D eigenvalue weighted by Crippen LogP contribution is -2.51. The summed E-state index contributed by atoms with van der Waals surface area (Å²) in [5, 5.41) is 9.13. The van der Waals surface area contributed by atoms with Gasteiger partial charge in [0.15, 0.2) is 0 Å². The molecule has 0 radical (unpaired) electrons. The number of rotatable bonds is 33. The minimum Gasteiger partial charge on any atom is -0.462 e. The van der Waals surface area contributed by atoms with Gasteiger partial charge in [-0.3, -0.25) is 14.4 Å². The number of unbranched alkanes of at least 4 members (excludes halogenated alkanes) is 7. The predicted molar refractivity (Wildman–Crippen MR) is 619 cm³/mol. The van der Waals surface area contributed by atoms with Crippen molar-refractivity contribution in [3.8, 4) is 0 Å². The largest absolute Gasteiger partial charge is 0.462 e. The normalized spacial score (nSPS) is 15.9. The fourth-order valence-electron chi connectivity index (χ4n) is 22.7. The molecule has 14 nitrogen and oxygen atoms in total. The van der Waals surface area contributed by atoms with Crippen LogP contribution in [0.1, 0.15) is 296 Å². The Balaban J connectivity index is 0.000000134. The van der Waals surface area contributed by atoms with E-state index in [1.807, 2.05) is 65.3 Å². The van der Waals surface area contributed by atoms with E-state index in [1.54, 1.807) is 30.4 Å². The van der Waals surface area contributed by atoms with Gasteiger partial charge in [0.25, 0.3) is 5.91 Å². The average Bonchev–Trinajstić information content (AvgIpc) is 1.60. The van der Waals surface area contributed by atoms with Crippen molar-refractivity contribution in [3.63, 3.8) is 0 Å². The summed E-state index contributed by atoms with van der Waals surface area (Å²) in [5.74, 6) is 0.409. The maximum atomic E-state index is 13.5. The molecule has 2 N–H and O–H groups in total. The van der Waals surface area contributed by atoms with Gasteiger partial charge < -0.3 is 39.9 Å². The number of urea groups is 2. The molecule has 4 heterocycles.